The number of imidazole rings is 1. The lowest BCUT2D eigenvalue weighted by molar-refractivity contribution is -0.140. The molecule has 1 saturated heterocycles. The highest BCUT2D eigenvalue weighted by Crippen LogP contribution is 2.60. The van der Waals surface area contributed by atoms with E-state index in [9.17, 15) is 20.1 Å². The van der Waals surface area contributed by atoms with Crippen LogP contribution in [0.4, 0.5) is 5.82 Å². The van der Waals surface area contributed by atoms with Crippen LogP contribution in [0.3, 0.4) is 0 Å². The first-order valence-electron chi connectivity index (χ1n) is 11.1. The first-order chi connectivity index (χ1) is 15.0. The molecule has 4 atom stereocenters. The molecule has 0 radical (unpaired) electrons. The summed E-state index contributed by atoms with van der Waals surface area (Å²) in [6.07, 6.45) is 5.14. The molecule has 0 spiro atoms. The van der Waals surface area contributed by atoms with Crippen molar-refractivity contribution >= 4 is 22.9 Å². The van der Waals surface area contributed by atoms with E-state index in [1.807, 2.05) is 0 Å². The van der Waals surface area contributed by atoms with E-state index >= 15 is 0 Å². The Morgan fingerprint density at radius 3 is 2.39 bits per heavy atom. The van der Waals surface area contributed by atoms with Crippen LogP contribution in [0.2, 0.25) is 0 Å². The van der Waals surface area contributed by atoms with Crippen LogP contribution in [0, 0.1) is 23.2 Å². The number of nitrogens with one attached hydrogen (secondary N) is 1. The number of nitrogens with zero attached hydrogens (tertiary/aromatic N) is 4. The molecule has 5 aliphatic rings. The van der Waals surface area contributed by atoms with E-state index in [1.165, 1.54) is 36.5 Å². The van der Waals surface area contributed by atoms with Gasteiger partial charge in [-0.05, 0) is 56.3 Å². The molecule has 10 nitrogen and oxygen atoms in total. The summed E-state index contributed by atoms with van der Waals surface area (Å²) < 4.78 is 7.10. The second-order valence-corrected chi connectivity index (χ2v) is 9.93. The van der Waals surface area contributed by atoms with Gasteiger partial charge < -0.3 is 25.4 Å². The fourth-order valence-electron chi connectivity index (χ4n) is 6.87. The highest BCUT2D eigenvalue weighted by molar-refractivity contribution is 6.00. The molecule has 0 unspecified atom stereocenters. The van der Waals surface area contributed by atoms with Crippen LogP contribution < -0.4 is 5.32 Å². The van der Waals surface area contributed by atoms with Gasteiger partial charge in [-0.25, -0.2) is 15.0 Å². The number of anilines is 1. The molecular weight excluding hydrogens is 402 g/mol. The molecule has 2 aromatic rings. The smallest absolute Gasteiger partial charge is 0.231 e. The van der Waals surface area contributed by atoms with Gasteiger partial charge in [0, 0.05) is 0 Å². The Bertz CT molecular complexity index is 989. The monoisotopic (exact) mass is 429 g/mol. The quantitative estimate of drug-likeness (QED) is 0.553. The van der Waals surface area contributed by atoms with Crippen molar-refractivity contribution in [3.8, 4) is 0 Å². The third-order valence-corrected chi connectivity index (χ3v) is 7.90. The molecule has 4 bridgehead atoms. The molecule has 4 saturated carbocycles. The first-order valence-corrected chi connectivity index (χ1v) is 11.1. The van der Waals surface area contributed by atoms with Crippen molar-refractivity contribution in [1.29, 1.82) is 0 Å². The molecular formula is C21H27N5O5. The zero-order valence-corrected chi connectivity index (χ0v) is 17.1. The predicted octanol–water partition coefficient (Wildman–Crippen LogP) is 0.593. The normalized spacial score (nSPS) is 41.2. The number of ether oxygens (including phenoxy) is 1. The van der Waals surface area contributed by atoms with Crippen molar-refractivity contribution in [2.45, 2.75) is 63.1 Å². The van der Waals surface area contributed by atoms with Gasteiger partial charge in [0.15, 0.2) is 23.2 Å². The molecule has 10 heteroatoms. The number of carbonyl (C=O) groups is 1. The molecule has 5 fully saturated rings. The van der Waals surface area contributed by atoms with E-state index in [0.29, 0.717) is 34.7 Å². The Kier molecular flexibility index (Phi) is 4.37. The van der Waals surface area contributed by atoms with Gasteiger partial charge in [0.1, 0.15) is 24.6 Å². The molecule has 4 N–H and O–H groups in total. The number of fused-ring (bicyclic) bond motifs is 1. The Hall–Kier alpha value is -2.14. The number of aliphatic hydroxyl groups is 3. The SMILES string of the molecule is O=C(Nc1ncnc2c1ncn2[C@H]1O[C@@H](CO)[C@@H](O)[C@@H]1O)C12CC3CC(CC(C3)C1)C2. The van der Waals surface area contributed by atoms with Crippen molar-refractivity contribution in [3.63, 3.8) is 0 Å². The number of carbonyl (C=O) groups excluding carboxylic acids is 1. The lowest BCUT2D eigenvalue weighted by Gasteiger charge is -2.55. The largest absolute Gasteiger partial charge is 0.394 e. The number of aromatic nitrogens is 4. The summed E-state index contributed by atoms with van der Waals surface area (Å²) in [6, 6.07) is 0. The van der Waals surface area contributed by atoms with Crippen LogP contribution >= 0.6 is 0 Å². The average molecular weight is 429 g/mol. The van der Waals surface area contributed by atoms with Crippen LogP contribution in [-0.4, -0.2) is 65.7 Å². The maximum absolute atomic E-state index is 13.4. The van der Waals surface area contributed by atoms with E-state index in [4.69, 9.17) is 4.74 Å². The highest BCUT2D eigenvalue weighted by Gasteiger charge is 2.54. The molecule has 166 valence electrons. The van der Waals surface area contributed by atoms with Crippen LogP contribution in [-0.2, 0) is 9.53 Å². The third kappa shape index (κ3) is 2.92. The molecule has 7 rings (SSSR count). The van der Waals surface area contributed by atoms with Gasteiger partial charge in [-0.3, -0.25) is 9.36 Å². The summed E-state index contributed by atoms with van der Waals surface area (Å²) in [5.41, 5.74) is 0.474. The number of rotatable bonds is 4. The second kappa shape index (κ2) is 6.93. The zero-order valence-electron chi connectivity index (χ0n) is 17.1. The van der Waals surface area contributed by atoms with Gasteiger partial charge in [-0.15, -0.1) is 0 Å². The molecule has 31 heavy (non-hydrogen) atoms. The van der Waals surface area contributed by atoms with Crippen LogP contribution in [0.5, 0.6) is 0 Å². The summed E-state index contributed by atoms with van der Waals surface area (Å²) >= 11 is 0. The number of aliphatic hydroxyl groups excluding tert-OH is 3. The lowest BCUT2D eigenvalue weighted by atomic mass is 9.49. The maximum atomic E-state index is 13.4. The van der Waals surface area contributed by atoms with E-state index in [0.717, 1.165) is 19.3 Å². The van der Waals surface area contributed by atoms with Crippen molar-refractivity contribution in [3.05, 3.63) is 12.7 Å². The van der Waals surface area contributed by atoms with Gasteiger partial charge in [0.05, 0.1) is 18.3 Å². The Morgan fingerprint density at radius 2 is 1.77 bits per heavy atom. The minimum Gasteiger partial charge on any atom is -0.394 e. The van der Waals surface area contributed by atoms with Gasteiger partial charge in [-0.1, -0.05) is 0 Å². The summed E-state index contributed by atoms with van der Waals surface area (Å²) in [6.45, 7) is -0.414. The van der Waals surface area contributed by atoms with Crippen LogP contribution in [0.15, 0.2) is 12.7 Å². The summed E-state index contributed by atoms with van der Waals surface area (Å²) in [4.78, 5) is 26.3. The van der Waals surface area contributed by atoms with Crippen molar-refractivity contribution in [2.75, 3.05) is 11.9 Å². The van der Waals surface area contributed by atoms with Crippen molar-refractivity contribution in [1.82, 2.24) is 19.5 Å². The number of amides is 1. The number of hydrogen-bond donors (Lipinski definition) is 4. The van der Waals surface area contributed by atoms with Gasteiger partial charge >= 0.3 is 0 Å². The lowest BCUT2D eigenvalue weighted by Crippen LogP contribution is -2.51. The molecule has 3 heterocycles. The van der Waals surface area contributed by atoms with Crippen molar-refractivity contribution < 1.29 is 24.9 Å². The second-order valence-electron chi connectivity index (χ2n) is 9.93. The van der Waals surface area contributed by atoms with E-state index < -0.39 is 31.1 Å². The summed E-state index contributed by atoms with van der Waals surface area (Å²) in [7, 11) is 0. The fraction of sp³-hybridized carbons (Fsp3) is 0.714. The fourth-order valence-corrected chi connectivity index (χ4v) is 6.87. The van der Waals surface area contributed by atoms with Crippen LogP contribution in [0.25, 0.3) is 11.2 Å². The topological polar surface area (TPSA) is 143 Å². The van der Waals surface area contributed by atoms with Crippen molar-refractivity contribution in [2.24, 2.45) is 23.2 Å². The minimum atomic E-state index is -1.24. The molecule has 4 aliphatic carbocycles. The third-order valence-electron chi connectivity index (χ3n) is 7.90. The summed E-state index contributed by atoms with van der Waals surface area (Å²) in [5, 5.41) is 32.8. The summed E-state index contributed by atoms with van der Waals surface area (Å²) in [5.74, 6) is 2.35. The highest BCUT2D eigenvalue weighted by atomic mass is 16.6. The molecule has 2 aromatic heterocycles. The van der Waals surface area contributed by atoms with Gasteiger partial charge in [-0.2, -0.15) is 0 Å². The van der Waals surface area contributed by atoms with E-state index in [2.05, 4.69) is 20.3 Å². The standard InChI is InChI=1S/C21H27N5O5/c27-7-13-15(28)16(29)19(31-13)26-9-24-14-17(22-8-23-18(14)26)25-20(30)21-4-10-1-11(5-21)3-12(2-10)6-21/h8-13,15-16,19,27-29H,1-7H2,(H,22,23,25,30)/t10?,11?,12?,13-,15+,16-,19-,21?/m0/s1. The van der Waals surface area contributed by atoms with E-state index in [-0.39, 0.29) is 11.3 Å². The van der Waals surface area contributed by atoms with E-state index in [1.54, 1.807) is 0 Å². The maximum Gasteiger partial charge on any atom is 0.231 e. The van der Waals surface area contributed by atoms with Crippen LogP contribution in [0.1, 0.15) is 44.8 Å². The molecule has 1 aliphatic heterocycles. The molecule has 0 aromatic carbocycles. The first kappa shape index (κ1) is 19.5. The Morgan fingerprint density at radius 1 is 1.10 bits per heavy atom. The zero-order chi connectivity index (χ0) is 21.3. The molecule has 1 amide bonds. The van der Waals surface area contributed by atoms with Gasteiger partial charge in [0.25, 0.3) is 0 Å². The van der Waals surface area contributed by atoms with Gasteiger partial charge in [0.2, 0.25) is 5.91 Å². The number of hydrogen-bond acceptors (Lipinski definition) is 8. The minimum absolute atomic E-state index is 0.0223. The Labute approximate surface area is 178 Å². The Balaban J connectivity index is 1.29. The average Bonchev–Trinajstić information content (AvgIpc) is 3.29. The predicted molar refractivity (Wildman–Crippen MR) is 108 cm³/mol.